The molecule has 34 heavy (non-hydrogen) atoms. The van der Waals surface area contributed by atoms with Gasteiger partial charge < -0.3 is 21.3 Å². The molecule has 4 amide bonds. The molecule has 14 heteroatoms. The number of amides is 4. The summed E-state index contributed by atoms with van der Waals surface area (Å²) >= 11 is 0. The topological polar surface area (TPSA) is 82.3 Å². The number of anilines is 2. The average Bonchev–Trinajstić information content (AvgIpc) is 2.75. The highest BCUT2D eigenvalue weighted by Crippen LogP contribution is 2.31. The van der Waals surface area contributed by atoms with E-state index in [1.807, 2.05) is 0 Å². The maximum absolute atomic E-state index is 12.7. The third kappa shape index (κ3) is 10.0. The van der Waals surface area contributed by atoms with E-state index in [4.69, 9.17) is 0 Å². The second-order valence-electron chi connectivity index (χ2n) is 6.56. The largest absolute Gasteiger partial charge is 0.416 e. The second-order valence-corrected chi connectivity index (χ2v) is 9.26. The number of hydrogen-bond acceptors (Lipinski definition) is 4. The molecule has 0 aliphatic rings. The predicted octanol–water partition coefficient (Wildman–Crippen LogP) is 6.05. The Labute approximate surface area is 199 Å². The summed E-state index contributed by atoms with van der Waals surface area (Å²) in [5.74, 6) is 0.994. The summed E-state index contributed by atoms with van der Waals surface area (Å²) in [5.41, 5.74) is -1.70. The molecule has 0 saturated carbocycles. The zero-order chi connectivity index (χ0) is 25.2. The molecule has 0 unspecified atom stereocenters. The summed E-state index contributed by atoms with van der Waals surface area (Å²) in [6, 6.07) is 7.27. The lowest BCUT2D eigenvalue weighted by molar-refractivity contribution is -0.138. The number of urea groups is 2. The van der Waals surface area contributed by atoms with Gasteiger partial charge >= 0.3 is 24.4 Å². The Bertz CT molecular complexity index is 895. The van der Waals surface area contributed by atoms with Crippen molar-refractivity contribution in [3.05, 3.63) is 59.7 Å². The van der Waals surface area contributed by atoms with Crippen molar-refractivity contribution in [2.75, 3.05) is 35.2 Å². The molecular weight excluding hydrogens is 506 g/mol. The number of halogens is 6. The highest BCUT2D eigenvalue weighted by molar-refractivity contribution is 8.76. The van der Waals surface area contributed by atoms with Crippen molar-refractivity contribution in [3.8, 4) is 0 Å². The Hall–Kier alpha value is -2.74. The van der Waals surface area contributed by atoms with Gasteiger partial charge in [0.1, 0.15) is 0 Å². The number of alkyl halides is 6. The molecule has 0 aliphatic heterocycles. The number of carbonyl (C=O) groups excluding carboxylic acids is 2. The summed E-state index contributed by atoms with van der Waals surface area (Å²) in [6.45, 7) is 0.512. The van der Waals surface area contributed by atoms with Gasteiger partial charge in [-0.15, -0.1) is 0 Å². The van der Waals surface area contributed by atoms with Gasteiger partial charge in [0.15, 0.2) is 0 Å². The quantitative estimate of drug-likeness (QED) is 0.182. The fourth-order valence-corrected chi connectivity index (χ4v) is 4.24. The van der Waals surface area contributed by atoms with Gasteiger partial charge in [0.05, 0.1) is 11.1 Å². The van der Waals surface area contributed by atoms with Crippen LogP contribution >= 0.6 is 21.6 Å². The number of rotatable bonds is 9. The third-order valence-electron chi connectivity index (χ3n) is 3.92. The van der Waals surface area contributed by atoms with Crippen molar-refractivity contribution in [3.63, 3.8) is 0 Å². The van der Waals surface area contributed by atoms with Crippen LogP contribution in [0.1, 0.15) is 11.1 Å². The van der Waals surface area contributed by atoms with E-state index >= 15 is 0 Å². The average molecular weight is 527 g/mol. The van der Waals surface area contributed by atoms with Crippen LogP contribution in [0.15, 0.2) is 48.5 Å². The first-order valence-electron chi connectivity index (χ1n) is 9.64. The van der Waals surface area contributed by atoms with Gasteiger partial charge in [-0.3, -0.25) is 0 Å². The number of carbonyl (C=O) groups is 2. The van der Waals surface area contributed by atoms with E-state index in [9.17, 15) is 35.9 Å². The maximum Gasteiger partial charge on any atom is 0.416 e. The number of hydrogen-bond donors (Lipinski definition) is 4. The summed E-state index contributed by atoms with van der Waals surface area (Å²) in [5, 5.41) is 9.68. The van der Waals surface area contributed by atoms with Gasteiger partial charge in [-0.1, -0.05) is 33.7 Å². The Kier molecular flexibility index (Phi) is 10.2. The molecule has 2 aromatic carbocycles. The van der Waals surface area contributed by atoms with Crippen LogP contribution in [-0.4, -0.2) is 36.7 Å². The van der Waals surface area contributed by atoms with E-state index < -0.39 is 35.5 Å². The van der Waals surface area contributed by atoms with Gasteiger partial charge in [0.25, 0.3) is 0 Å². The highest BCUT2D eigenvalue weighted by Gasteiger charge is 2.31. The Morgan fingerprint density at radius 2 is 1.06 bits per heavy atom. The second kappa shape index (κ2) is 12.6. The minimum Gasteiger partial charge on any atom is -0.337 e. The zero-order valence-corrected chi connectivity index (χ0v) is 19.0. The Balaban J connectivity index is 1.56. The molecular formula is C20H20F6N4O2S2. The monoisotopic (exact) mass is 526 g/mol. The summed E-state index contributed by atoms with van der Waals surface area (Å²) in [7, 11) is 2.79. The van der Waals surface area contributed by atoms with Gasteiger partial charge in [-0.2, -0.15) is 26.3 Å². The van der Waals surface area contributed by atoms with Crippen molar-refractivity contribution in [2.24, 2.45) is 0 Å². The molecule has 0 atom stereocenters. The first kappa shape index (κ1) is 27.5. The minimum atomic E-state index is -4.50. The molecule has 0 aliphatic carbocycles. The Morgan fingerprint density at radius 1 is 0.676 bits per heavy atom. The van der Waals surface area contributed by atoms with Crippen LogP contribution < -0.4 is 21.3 Å². The fourth-order valence-electron chi connectivity index (χ4n) is 2.43. The van der Waals surface area contributed by atoms with Crippen molar-refractivity contribution in [1.82, 2.24) is 10.6 Å². The van der Waals surface area contributed by atoms with Gasteiger partial charge in [-0.05, 0) is 36.4 Å². The number of nitrogens with one attached hydrogen (secondary N) is 4. The normalized spacial score (nSPS) is 11.6. The maximum atomic E-state index is 12.7. The van der Waals surface area contributed by atoms with Crippen molar-refractivity contribution >= 4 is 45.0 Å². The summed E-state index contributed by atoms with van der Waals surface area (Å²) < 4.78 is 76.1. The lowest BCUT2D eigenvalue weighted by atomic mass is 10.2. The van der Waals surface area contributed by atoms with E-state index in [1.165, 1.54) is 45.9 Å². The van der Waals surface area contributed by atoms with Crippen LogP contribution in [0.3, 0.4) is 0 Å². The van der Waals surface area contributed by atoms with Gasteiger partial charge in [-0.25, -0.2) is 9.59 Å². The van der Waals surface area contributed by atoms with Crippen molar-refractivity contribution < 1.29 is 35.9 Å². The molecule has 2 rings (SSSR count). The van der Waals surface area contributed by atoms with Crippen molar-refractivity contribution in [2.45, 2.75) is 12.4 Å². The third-order valence-corrected chi connectivity index (χ3v) is 6.33. The van der Waals surface area contributed by atoms with Crippen LogP contribution in [0.2, 0.25) is 0 Å². The van der Waals surface area contributed by atoms with Gasteiger partial charge in [0.2, 0.25) is 0 Å². The van der Waals surface area contributed by atoms with Crippen LogP contribution in [0, 0.1) is 0 Å². The van der Waals surface area contributed by atoms with E-state index in [2.05, 4.69) is 21.3 Å². The zero-order valence-electron chi connectivity index (χ0n) is 17.3. The first-order chi connectivity index (χ1) is 15.9. The molecule has 6 nitrogen and oxygen atoms in total. The fraction of sp³-hybridized carbons (Fsp3) is 0.300. The van der Waals surface area contributed by atoms with Gasteiger partial charge in [0, 0.05) is 36.0 Å². The highest BCUT2D eigenvalue weighted by atomic mass is 33.1. The molecule has 0 saturated heterocycles. The molecule has 186 valence electrons. The standard InChI is InChI=1S/C20H20F6N4O2S2/c21-19(22,23)13-3-1-5-15(11-13)29-17(31)27-7-9-33-34-10-8-28-18(32)30-16-6-2-4-14(12-16)20(24,25)26/h1-6,11-12H,7-10H2,(H2,27,29,31)(H2,28,30,32). The Morgan fingerprint density at radius 3 is 1.41 bits per heavy atom. The van der Waals surface area contributed by atoms with E-state index in [1.54, 1.807) is 0 Å². The van der Waals surface area contributed by atoms with Crippen LogP contribution in [0.4, 0.5) is 47.3 Å². The van der Waals surface area contributed by atoms with E-state index in [0.29, 0.717) is 11.5 Å². The van der Waals surface area contributed by atoms with E-state index in [0.717, 1.165) is 24.3 Å². The molecule has 0 fully saturated rings. The molecule has 0 radical (unpaired) electrons. The lowest BCUT2D eigenvalue weighted by Crippen LogP contribution is -2.31. The summed E-state index contributed by atoms with van der Waals surface area (Å²) in [4.78, 5) is 23.5. The van der Waals surface area contributed by atoms with Crippen LogP contribution in [0.5, 0.6) is 0 Å². The number of benzene rings is 2. The van der Waals surface area contributed by atoms with Crippen LogP contribution in [0.25, 0.3) is 0 Å². The van der Waals surface area contributed by atoms with Crippen LogP contribution in [-0.2, 0) is 12.4 Å². The van der Waals surface area contributed by atoms with E-state index in [-0.39, 0.29) is 24.5 Å². The molecule has 0 heterocycles. The molecule has 0 bridgehead atoms. The first-order valence-corrected chi connectivity index (χ1v) is 12.1. The molecule has 2 aromatic rings. The smallest absolute Gasteiger partial charge is 0.337 e. The predicted molar refractivity (Wildman–Crippen MR) is 122 cm³/mol. The molecule has 4 N–H and O–H groups in total. The molecule has 0 spiro atoms. The summed E-state index contributed by atoms with van der Waals surface area (Å²) in [6.07, 6.45) is -9.01. The molecule has 0 aromatic heterocycles. The lowest BCUT2D eigenvalue weighted by Gasteiger charge is -2.11. The van der Waals surface area contributed by atoms with Crippen molar-refractivity contribution in [1.29, 1.82) is 0 Å². The minimum absolute atomic E-state index is 0.0174. The SMILES string of the molecule is O=C(NCCSSCCNC(=O)Nc1cccc(C(F)(F)F)c1)Nc1cccc(C(F)(F)F)c1.